The molecular formula is C13H16ClFN2O4. The summed E-state index contributed by atoms with van der Waals surface area (Å²) in [6, 6.07) is 3.79. The Balaban J connectivity index is 0.00000220. The Morgan fingerprint density at radius 3 is 2.57 bits per heavy atom. The second-order valence-electron chi connectivity index (χ2n) is 4.88. The Labute approximate surface area is 127 Å². The van der Waals surface area contributed by atoms with E-state index < -0.39 is 16.7 Å². The maximum absolute atomic E-state index is 13.7. The summed E-state index contributed by atoms with van der Waals surface area (Å²) in [5, 5.41) is 19.8. The molecule has 116 valence electrons. The van der Waals surface area contributed by atoms with Gasteiger partial charge in [-0.3, -0.25) is 19.8 Å². The van der Waals surface area contributed by atoms with Crippen molar-refractivity contribution >= 4 is 24.1 Å². The van der Waals surface area contributed by atoms with E-state index in [0.29, 0.717) is 25.9 Å². The van der Waals surface area contributed by atoms with Crippen LogP contribution in [-0.2, 0) is 11.3 Å². The van der Waals surface area contributed by atoms with Crippen molar-refractivity contribution in [3.05, 3.63) is 39.7 Å². The number of carboxylic acid groups (broad SMARTS) is 1. The van der Waals surface area contributed by atoms with E-state index in [1.165, 1.54) is 18.2 Å². The van der Waals surface area contributed by atoms with Crippen LogP contribution in [0.3, 0.4) is 0 Å². The minimum atomic E-state index is -0.818. The highest BCUT2D eigenvalue weighted by molar-refractivity contribution is 5.85. The zero-order valence-corrected chi connectivity index (χ0v) is 12.0. The third kappa shape index (κ3) is 4.12. The van der Waals surface area contributed by atoms with Crippen molar-refractivity contribution in [2.45, 2.75) is 19.4 Å². The van der Waals surface area contributed by atoms with Gasteiger partial charge in [-0.05, 0) is 32.0 Å². The molecule has 6 nitrogen and oxygen atoms in total. The first kappa shape index (κ1) is 17.3. The fourth-order valence-corrected chi connectivity index (χ4v) is 2.44. The lowest BCUT2D eigenvalue weighted by atomic mass is 9.96. The second-order valence-corrected chi connectivity index (χ2v) is 4.88. The van der Waals surface area contributed by atoms with Crippen LogP contribution in [0.15, 0.2) is 18.2 Å². The molecule has 8 heteroatoms. The van der Waals surface area contributed by atoms with Gasteiger partial charge >= 0.3 is 5.97 Å². The van der Waals surface area contributed by atoms with Crippen LogP contribution in [-0.4, -0.2) is 34.0 Å². The van der Waals surface area contributed by atoms with E-state index in [0.717, 1.165) is 0 Å². The molecule has 0 bridgehead atoms. The van der Waals surface area contributed by atoms with Crippen LogP contribution in [0.2, 0.25) is 0 Å². The lowest BCUT2D eigenvalue weighted by molar-refractivity contribution is -0.386. The number of likely N-dealkylation sites (tertiary alicyclic amines) is 1. The van der Waals surface area contributed by atoms with E-state index in [2.05, 4.69) is 0 Å². The van der Waals surface area contributed by atoms with Gasteiger partial charge in [0.2, 0.25) is 0 Å². The summed E-state index contributed by atoms with van der Waals surface area (Å²) in [6.45, 7) is 1.14. The third-order valence-corrected chi connectivity index (χ3v) is 3.61. The van der Waals surface area contributed by atoms with Gasteiger partial charge < -0.3 is 5.11 Å². The molecule has 1 aromatic rings. The molecule has 1 heterocycles. The number of benzene rings is 1. The highest BCUT2D eigenvalue weighted by Gasteiger charge is 2.27. The molecule has 1 aliphatic heterocycles. The fraction of sp³-hybridized carbons (Fsp3) is 0.462. The van der Waals surface area contributed by atoms with Crippen LogP contribution >= 0.6 is 12.4 Å². The SMILES string of the molecule is Cl.O=C(O)C1CCN(Cc2c(F)cccc2[N+](=O)[O-])CC1. The lowest BCUT2D eigenvalue weighted by Gasteiger charge is -2.29. The molecule has 0 radical (unpaired) electrons. The number of hydrogen-bond acceptors (Lipinski definition) is 4. The number of carbonyl (C=O) groups is 1. The predicted octanol–water partition coefficient (Wildman–Crippen LogP) is 2.45. The Hall–Kier alpha value is -1.73. The van der Waals surface area contributed by atoms with Gasteiger partial charge in [0.15, 0.2) is 0 Å². The van der Waals surface area contributed by atoms with Crippen molar-refractivity contribution < 1.29 is 19.2 Å². The summed E-state index contributed by atoms with van der Waals surface area (Å²) in [7, 11) is 0. The standard InChI is InChI=1S/C13H15FN2O4.ClH/c14-11-2-1-3-12(16(19)20)10(11)8-15-6-4-9(5-7-15)13(17)18;/h1-3,9H,4-8H2,(H,17,18);1H. The van der Waals surface area contributed by atoms with E-state index in [-0.39, 0.29) is 36.1 Å². The Morgan fingerprint density at radius 1 is 1.43 bits per heavy atom. The molecule has 0 unspecified atom stereocenters. The summed E-state index contributed by atoms with van der Waals surface area (Å²) in [5.74, 6) is -1.79. The minimum Gasteiger partial charge on any atom is -0.481 e. The first-order valence-corrected chi connectivity index (χ1v) is 6.36. The van der Waals surface area contributed by atoms with Gasteiger partial charge in [-0.25, -0.2) is 4.39 Å². The van der Waals surface area contributed by atoms with E-state index in [1.54, 1.807) is 0 Å². The number of nitrogens with zero attached hydrogens (tertiary/aromatic N) is 2. The number of nitro benzene ring substituents is 1. The minimum absolute atomic E-state index is 0. The molecule has 1 fully saturated rings. The molecule has 0 spiro atoms. The van der Waals surface area contributed by atoms with Crippen molar-refractivity contribution in [2.24, 2.45) is 5.92 Å². The summed E-state index contributed by atoms with van der Waals surface area (Å²) in [4.78, 5) is 23.0. The average Bonchev–Trinajstić information content (AvgIpc) is 2.41. The third-order valence-electron chi connectivity index (χ3n) is 3.61. The van der Waals surface area contributed by atoms with Crippen molar-refractivity contribution in [1.29, 1.82) is 0 Å². The first-order chi connectivity index (χ1) is 9.49. The van der Waals surface area contributed by atoms with Gasteiger partial charge in [0.05, 0.1) is 16.4 Å². The van der Waals surface area contributed by atoms with Gasteiger partial charge in [0, 0.05) is 12.6 Å². The first-order valence-electron chi connectivity index (χ1n) is 6.36. The monoisotopic (exact) mass is 318 g/mol. The van der Waals surface area contributed by atoms with E-state index in [9.17, 15) is 19.3 Å². The largest absolute Gasteiger partial charge is 0.481 e. The fourth-order valence-electron chi connectivity index (χ4n) is 2.44. The van der Waals surface area contributed by atoms with Gasteiger partial charge in [0.1, 0.15) is 5.82 Å². The van der Waals surface area contributed by atoms with Crippen LogP contribution in [0.5, 0.6) is 0 Å². The normalized spacial score (nSPS) is 16.2. The topological polar surface area (TPSA) is 83.7 Å². The number of piperidine rings is 1. The number of rotatable bonds is 4. The Bertz CT molecular complexity index is 533. The van der Waals surface area contributed by atoms with Gasteiger partial charge in [0.25, 0.3) is 5.69 Å². The van der Waals surface area contributed by atoms with Crippen LogP contribution in [0, 0.1) is 21.8 Å². The maximum atomic E-state index is 13.7. The molecule has 1 aliphatic rings. The lowest BCUT2D eigenvalue weighted by Crippen LogP contribution is -2.36. The quantitative estimate of drug-likeness (QED) is 0.681. The molecule has 1 saturated heterocycles. The zero-order chi connectivity index (χ0) is 14.7. The van der Waals surface area contributed by atoms with Crippen molar-refractivity contribution in [1.82, 2.24) is 4.90 Å². The van der Waals surface area contributed by atoms with Crippen molar-refractivity contribution in [3.63, 3.8) is 0 Å². The van der Waals surface area contributed by atoms with Crippen LogP contribution in [0.1, 0.15) is 18.4 Å². The molecule has 0 aromatic heterocycles. The molecular weight excluding hydrogens is 303 g/mol. The molecule has 21 heavy (non-hydrogen) atoms. The molecule has 0 atom stereocenters. The Kier molecular flexibility index (Phi) is 6.04. The Morgan fingerprint density at radius 2 is 2.05 bits per heavy atom. The number of aliphatic carboxylic acids is 1. The van der Waals surface area contributed by atoms with Crippen LogP contribution in [0.4, 0.5) is 10.1 Å². The van der Waals surface area contributed by atoms with E-state index in [4.69, 9.17) is 5.11 Å². The molecule has 0 saturated carbocycles. The predicted molar refractivity (Wildman–Crippen MR) is 75.9 cm³/mol. The molecule has 0 amide bonds. The van der Waals surface area contributed by atoms with Gasteiger partial charge in [-0.1, -0.05) is 6.07 Å². The van der Waals surface area contributed by atoms with Gasteiger partial charge in [-0.2, -0.15) is 0 Å². The summed E-state index contributed by atoms with van der Waals surface area (Å²) in [6.07, 6.45) is 0.967. The van der Waals surface area contributed by atoms with E-state index >= 15 is 0 Å². The number of halogens is 2. The smallest absolute Gasteiger partial charge is 0.306 e. The number of nitro groups is 1. The molecule has 0 aliphatic carbocycles. The highest BCUT2D eigenvalue weighted by Crippen LogP contribution is 2.25. The maximum Gasteiger partial charge on any atom is 0.306 e. The molecule has 1 N–H and O–H groups in total. The number of hydrogen-bond donors (Lipinski definition) is 1. The van der Waals surface area contributed by atoms with Crippen molar-refractivity contribution in [3.8, 4) is 0 Å². The summed E-state index contributed by atoms with van der Waals surface area (Å²) < 4.78 is 13.7. The second kappa shape index (κ2) is 7.33. The van der Waals surface area contributed by atoms with Crippen molar-refractivity contribution in [2.75, 3.05) is 13.1 Å². The van der Waals surface area contributed by atoms with E-state index in [1.807, 2.05) is 4.90 Å². The molecule has 1 aromatic carbocycles. The van der Waals surface area contributed by atoms with Crippen LogP contribution < -0.4 is 0 Å². The number of carboxylic acids is 1. The zero-order valence-electron chi connectivity index (χ0n) is 11.2. The van der Waals surface area contributed by atoms with Crippen LogP contribution in [0.25, 0.3) is 0 Å². The average molecular weight is 319 g/mol. The van der Waals surface area contributed by atoms with Gasteiger partial charge in [-0.15, -0.1) is 12.4 Å². The molecule has 2 rings (SSSR count). The summed E-state index contributed by atoms with van der Waals surface area (Å²) >= 11 is 0. The highest BCUT2D eigenvalue weighted by atomic mass is 35.5. The summed E-state index contributed by atoms with van der Waals surface area (Å²) in [5.41, 5.74) is -0.170.